The van der Waals surface area contributed by atoms with Crippen LogP contribution in [0.1, 0.15) is 6.92 Å². The maximum Gasteiger partial charge on any atom is 0.187 e. The number of aliphatic hydroxyl groups excluding tert-OH is 7. The zero-order valence-electron chi connectivity index (χ0n) is 11.8. The molecule has 0 spiro atoms. The molecule has 0 aromatic rings. The monoisotopic (exact) mass is 326 g/mol. The van der Waals surface area contributed by atoms with Crippen LogP contribution in [0.2, 0.25) is 0 Å². The van der Waals surface area contributed by atoms with Gasteiger partial charge in [-0.05, 0) is 6.92 Å². The van der Waals surface area contributed by atoms with Crippen molar-refractivity contribution in [3.8, 4) is 0 Å². The van der Waals surface area contributed by atoms with E-state index < -0.39 is 68.0 Å². The second kappa shape index (κ2) is 7.01. The highest BCUT2D eigenvalue weighted by Crippen LogP contribution is 2.29. The van der Waals surface area contributed by atoms with Gasteiger partial charge >= 0.3 is 0 Å². The van der Waals surface area contributed by atoms with Gasteiger partial charge in [0.25, 0.3) is 0 Å². The average Bonchev–Trinajstić information content (AvgIpc) is 2.75. The minimum Gasteiger partial charge on any atom is -0.394 e. The summed E-state index contributed by atoms with van der Waals surface area (Å²) in [6, 6.07) is 0. The topological polar surface area (TPSA) is 169 Å². The van der Waals surface area contributed by atoms with Gasteiger partial charge in [0, 0.05) is 0 Å². The SMILES string of the molecule is C[C@@H](O)[C@@H]1O[C@@H](O[C@H]2[C@H](O)[C@@H](CO)OC(O)[C@H]2O)[C@H](O)[C@H]1O. The zero-order valence-corrected chi connectivity index (χ0v) is 11.8. The van der Waals surface area contributed by atoms with Gasteiger partial charge in [0.15, 0.2) is 12.6 Å². The minimum absolute atomic E-state index is 0.627. The third-order valence-electron chi connectivity index (χ3n) is 3.86. The lowest BCUT2D eigenvalue weighted by Gasteiger charge is -2.41. The molecule has 0 aliphatic carbocycles. The second-order valence-corrected chi connectivity index (χ2v) is 5.52. The van der Waals surface area contributed by atoms with E-state index in [0.717, 1.165) is 0 Å². The maximum absolute atomic E-state index is 9.97. The molecule has 2 heterocycles. The van der Waals surface area contributed by atoms with Crippen LogP contribution < -0.4 is 0 Å². The number of ether oxygens (including phenoxy) is 3. The fraction of sp³-hybridized carbons (Fsp3) is 1.00. The Balaban J connectivity index is 2.08. The van der Waals surface area contributed by atoms with Crippen LogP contribution in [0.4, 0.5) is 0 Å². The maximum atomic E-state index is 9.97. The van der Waals surface area contributed by atoms with Crippen LogP contribution in [0.15, 0.2) is 0 Å². The van der Waals surface area contributed by atoms with Crippen molar-refractivity contribution < 1.29 is 50.0 Å². The van der Waals surface area contributed by atoms with Gasteiger partial charge in [-0.25, -0.2) is 0 Å². The van der Waals surface area contributed by atoms with Gasteiger partial charge in [0.2, 0.25) is 0 Å². The quantitative estimate of drug-likeness (QED) is 0.268. The number of hydrogen-bond acceptors (Lipinski definition) is 10. The third kappa shape index (κ3) is 3.26. The molecule has 2 aliphatic rings. The first-order chi connectivity index (χ1) is 10.3. The Hall–Kier alpha value is -0.400. The van der Waals surface area contributed by atoms with E-state index in [1.54, 1.807) is 0 Å². The first-order valence-electron chi connectivity index (χ1n) is 6.93. The van der Waals surface area contributed by atoms with Crippen LogP contribution in [0.3, 0.4) is 0 Å². The molecule has 2 aliphatic heterocycles. The van der Waals surface area contributed by atoms with E-state index in [1.807, 2.05) is 0 Å². The van der Waals surface area contributed by atoms with E-state index in [-0.39, 0.29) is 0 Å². The van der Waals surface area contributed by atoms with Gasteiger partial charge in [-0.2, -0.15) is 0 Å². The van der Waals surface area contributed by atoms with Crippen molar-refractivity contribution in [1.29, 1.82) is 0 Å². The Morgan fingerprint density at radius 3 is 2.09 bits per heavy atom. The molecular formula is C12H22O10. The van der Waals surface area contributed by atoms with Crippen molar-refractivity contribution in [2.75, 3.05) is 6.61 Å². The summed E-state index contributed by atoms with van der Waals surface area (Å²) in [4.78, 5) is 0. The number of aliphatic hydroxyl groups is 7. The predicted molar refractivity (Wildman–Crippen MR) is 67.2 cm³/mol. The summed E-state index contributed by atoms with van der Waals surface area (Å²) in [5.41, 5.74) is 0. The molecule has 7 N–H and O–H groups in total. The van der Waals surface area contributed by atoms with Crippen molar-refractivity contribution >= 4 is 0 Å². The molecule has 1 unspecified atom stereocenters. The van der Waals surface area contributed by atoms with E-state index in [1.165, 1.54) is 6.92 Å². The molecule has 130 valence electrons. The Kier molecular flexibility index (Phi) is 5.72. The van der Waals surface area contributed by atoms with E-state index in [9.17, 15) is 30.6 Å². The molecule has 10 atom stereocenters. The molecule has 0 saturated carbocycles. The molecule has 0 aromatic heterocycles. The van der Waals surface area contributed by atoms with Gasteiger partial charge in [-0.3, -0.25) is 0 Å². The Bertz CT molecular complexity index is 366. The van der Waals surface area contributed by atoms with Crippen molar-refractivity contribution in [3.63, 3.8) is 0 Å². The summed E-state index contributed by atoms with van der Waals surface area (Å²) in [6.45, 7) is 0.727. The molecule has 2 rings (SSSR count). The van der Waals surface area contributed by atoms with E-state index in [2.05, 4.69) is 0 Å². The van der Waals surface area contributed by atoms with Crippen molar-refractivity contribution in [2.24, 2.45) is 0 Å². The first-order valence-corrected chi connectivity index (χ1v) is 6.93. The molecule has 0 aromatic carbocycles. The molecule has 2 fully saturated rings. The van der Waals surface area contributed by atoms with E-state index in [4.69, 9.17) is 19.3 Å². The predicted octanol–water partition coefficient (Wildman–Crippen LogP) is -4.37. The summed E-state index contributed by atoms with van der Waals surface area (Å²) in [6.07, 6.45) is -14.1. The van der Waals surface area contributed by atoms with Crippen LogP contribution in [0.5, 0.6) is 0 Å². The van der Waals surface area contributed by atoms with Gasteiger partial charge in [0.05, 0.1) is 12.7 Å². The van der Waals surface area contributed by atoms with Crippen LogP contribution in [0, 0.1) is 0 Å². The van der Waals surface area contributed by atoms with Crippen molar-refractivity contribution in [2.45, 2.75) is 68.3 Å². The lowest BCUT2D eigenvalue weighted by atomic mass is 9.99. The standard InChI is InChI=1S/C12H22O10/c1-3(14)9-6(16)7(17)12(21-9)22-10-5(15)4(2-13)20-11(19)8(10)18/h3-19H,2H2,1H3/t3-,4-,5-,6-,7-,8+,9+,10+,11?,12+/m1/s1. The Morgan fingerprint density at radius 2 is 1.59 bits per heavy atom. The van der Waals surface area contributed by atoms with E-state index in [0.29, 0.717) is 0 Å². The van der Waals surface area contributed by atoms with Gasteiger partial charge in [0.1, 0.15) is 42.7 Å². The van der Waals surface area contributed by atoms with Gasteiger partial charge < -0.3 is 50.0 Å². The number of rotatable bonds is 4. The average molecular weight is 326 g/mol. The summed E-state index contributed by atoms with van der Waals surface area (Å²) in [5, 5.41) is 67.4. The smallest absolute Gasteiger partial charge is 0.187 e. The van der Waals surface area contributed by atoms with Crippen molar-refractivity contribution in [3.05, 3.63) is 0 Å². The first kappa shape index (κ1) is 17.9. The van der Waals surface area contributed by atoms with Gasteiger partial charge in [-0.15, -0.1) is 0 Å². The minimum atomic E-state index is -1.71. The second-order valence-electron chi connectivity index (χ2n) is 5.52. The molecule has 2 saturated heterocycles. The fourth-order valence-corrected chi connectivity index (χ4v) is 2.57. The Morgan fingerprint density at radius 1 is 0.955 bits per heavy atom. The third-order valence-corrected chi connectivity index (χ3v) is 3.86. The summed E-state index contributed by atoms with van der Waals surface area (Å²) in [7, 11) is 0. The molecule has 10 nitrogen and oxygen atoms in total. The normalized spacial score (nSPS) is 51.0. The molecule has 22 heavy (non-hydrogen) atoms. The molecule has 0 amide bonds. The summed E-state index contributed by atoms with van der Waals surface area (Å²) in [5.74, 6) is 0. The molecular weight excluding hydrogens is 304 g/mol. The van der Waals surface area contributed by atoms with Crippen molar-refractivity contribution in [1.82, 2.24) is 0 Å². The Labute approximate surface area is 126 Å². The zero-order chi connectivity index (χ0) is 16.6. The lowest BCUT2D eigenvalue weighted by molar-refractivity contribution is -0.322. The molecule has 10 heteroatoms. The highest BCUT2D eigenvalue weighted by Gasteiger charge is 2.51. The lowest BCUT2D eigenvalue weighted by Crippen LogP contribution is -2.60. The summed E-state index contributed by atoms with van der Waals surface area (Å²) < 4.78 is 15.2. The molecule has 0 radical (unpaired) electrons. The fourth-order valence-electron chi connectivity index (χ4n) is 2.57. The largest absolute Gasteiger partial charge is 0.394 e. The number of hydrogen-bond donors (Lipinski definition) is 7. The van der Waals surface area contributed by atoms with Crippen LogP contribution in [-0.2, 0) is 14.2 Å². The van der Waals surface area contributed by atoms with Crippen LogP contribution in [0.25, 0.3) is 0 Å². The highest BCUT2D eigenvalue weighted by molar-refractivity contribution is 4.94. The van der Waals surface area contributed by atoms with Crippen LogP contribution in [-0.4, -0.2) is 104 Å². The molecule has 0 bridgehead atoms. The van der Waals surface area contributed by atoms with Crippen LogP contribution >= 0.6 is 0 Å². The summed E-state index contributed by atoms with van der Waals surface area (Å²) >= 11 is 0. The highest BCUT2D eigenvalue weighted by atomic mass is 16.7. The van der Waals surface area contributed by atoms with E-state index >= 15 is 0 Å². The van der Waals surface area contributed by atoms with Gasteiger partial charge in [-0.1, -0.05) is 0 Å².